The second-order valence-electron chi connectivity index (χ2n) is 4.83. The van der Waals surface area contributed by atoms with E-state index in [0.717, 1.165) is 30.8 Å². The van der Waals surface area contributed by atoms with Crippen molar-refractivity contribution in [3.05, 3.63) is 29.8 Å². The number of para-hydroxylation sites is 1. The number of benzene rings is 1. The Balaban J connectivity index is 2.14. The van der Waals surface area contributed by atoms with Crippen LogP contribution in [0, 0.1) is 0 Å². The van der Waals surface area contributed by atoms with Crippen LogP contribution in [0.4, 0.5) is 5.69 Å². The number of nitrogens with one attached hydrogen (secondary N) is 1. The Labute approximate surface area is 114 Å². The molecule has 0 radical (unpaired) electrons. The maximum absolute atomic E-state index is 12.4. The van der Waals surface area contributed by atoms with E-state index < -0.39 is 0 Å². The van der Waals surface area contributed by atoms with E-state index in [9.17, 15) is 4.79 Å². The van der Waals surface area contributed by atoms with Crippen molar-refractivity contribution in [2.24, 2.45) is 0 Å². The second kappa shape index (κ2) is 6.68. The number of carbonyl (C=O) groups is 1. The van der Waals surface area contributed by atoms with Crippen molar-refractivity contribution in [1.82, 2.24) is 5.32 Å². The number of ether oxygens (including phenoxy) is 1. The Morgan fingerprint density at radius 1 is 1.37 bits per heavy atom. The van der Waals surface area contributed by atoms with Crippen molar-refractivity contribution >= 4 is 11.6 Å². The van der Waals surface area contributed by atoms with E-state index in [-0.39, 0.29) is 11.9 Å². The van der Waals surface area contributed by atoms with Gasteiger partial charge in [0, 0.05) is 25.4 Å². The van der Waals surface area contributed by atoms with Crippen LogP contribution in [-0.4, -0.2) is 31.7 Å². The number of hydrogen-bond acceptors (Lipinski definition) is 3. The molecule has 104 valence electrons. The Morgan fingerprint density at radius 2 is 2.16 bits per heavy atom. The van der Waals surface area contributed by atoms with Crippen molar-refractivity contribution in [3.8, 4) is 0 Å². The summed E-state index contributed by atoms with van der Waals surface area (Å²) in [5, 5.41) is 3.25. The molecule has 1 aliphatic heterocycles. The average molecular weight is 262 g/mol. The van der Waals surface area contributed by atoms with Gasteiger partial charge >= 0.3 is 0 Å². The van der Waals surface area contributed by atoms with Gasteiger partial charge in [-0.1, -0.05) is 25.1 Å². The monoisotopic (exact) mass is 262 g/mol. The van der Waals surface area contributed by atoms with E-state index in [4.69, 9.17) is 4.74 Å². The smallest absolute Gasteiger partial charge is 0.243 e. The Bertz CT molecular complexity index is 434. The lowest BCUT2D eigenvalue weighted by molar-refractivity contribution is -0.120. The van der Waals surface area contributed by atoms with Crippen LogP contribution in [0.2, 0.25) is 0 Å². The van der Waals surface area contributed by atoms with Crippen LogP contribution in [0.3, 0.4) is 0 Å². The first-order chi connectivity index (χ1) is 9.24. The van der Waals surface area contributed by atoms with Crippen LogP contribution < -0.4 is 10.2 Å². The fourth-order valence-electron chi connectivity index (χ4n) is 2.26. The maximum Gasteiger partial charge on any atom is 0.243 e. The number of carbonyl (C=O) groups excluding carboxylic acids is 1. The van der Waals surface area contributed by atoms with Gasteiger partial charge in [0.05, 0.1) is 12.6 Å². The molecule has 0 fully saturated rings. The van der Waals surface area contributed by atoms with E-state index in [0.29, 0.717) is 13.2 Å². The highest BCUT2D eigenvalue weighted by molar-refractivity contribution is 5.98. The average Bonchev–Trinajstić information content (AvgIpc) is 2.55. The van der Waals surface area contributed by atoms with Gasteiger partial charge in [0.1, 0.15) is 0 Å². The minimum Gasteiger partial charge on any atom is -0.380 e. The molecule has 0 aliphatic carbocycles. The van der Waals surface area contributed by atoms with Crippen molar-refractivity contribution in [2.45, 2.75) is 32.9 Å². The van der Waals surface area contributed by atoms with Gasteiger partial charge in [-0.25, -0.2) is 0 Å². The zero-order chi connectivity index (χ0) is 13.7. The quantitative estimate of drug-likeness (QED) is 0.825. The fourth-order valence-corrected chi connectivity index (χ4v) is 2.26. The van der Waals surface area contributed by atoms with Crippen LogP contribution in [0.1, 0.15) is 25.8 Å². The molecule has 1 unspecified atom stereocenters. The summed E-state index contributed by atoms with van der Waals surface area (Å²) in [6.45, 7) is 6.67. The van der Waals surface area contributed by atoms with Crippen molar-refractivity contribution in [3.63, 3.8) is 0 Å². The van der Waals surface area contributed by atoms with E-state index in [1.807, 2.05) is 30.0 Å². The van der Waals surface area contributed by atoms with E-state index >= 15 is 0 Å². The molecular formula is C15H22N2O2. The zero-order valence-corrected chi connectivity index (χ0v) is 11.7. The van der Waals surface area contributed by atoms with Gasteiger partial charge in [-0.05, 0) is 25.0 Å². The first-order valence-electron chi connectivity index (χ1n) is 6.94. The summed E-state index contributed by atoms with van der Waals surface area (Å²) in [7, 11) is 0. The molecule has 0 spiro atoms. The molecular weight excluding hydrogens is 240 g/mol. The first kappa shape index (κ1) is 14.0. The first-order valence-corrected chi connectivity index (χ1v) is 6.94. The molecule has 0 aromatic heterocycles. The zero-order valence-electron chi connectivity index (χ0n) is 11.7. The molecule has 19 heavy (non-hydrogen) atoms. The SMILES string of the molecule is CCCOCCN1C(=O)C(C)NCc2ccccc21. The molecule has 0 saturated heterocycles. The highest BCUT2D eigenvalue weighted by Crippen LogP contribution is 2.23. The van der Waals surface area contributed by atoms with Gasteiger partial charge in [0.2, 0.25) is 5.91 Å². The van der Waals surface area contributed by atoms with Crippen LogP contribution >= 0.6 is 0 Å². The summed E-state index contributed by atoms with van der Waals surface area (Å²) in [6.07, 6.45) is 1.00. The van der Waals surface area contributed by atoms with Crippen LogP contribution in [0.15, 0.2) is 24.3 Å². The highest BCUT2D eigenvalue weighted by Gasteiger charge is 2.26. The summed E-state index contributed by atoms with van der Waals surface area (Å²) >= 11 is 0. The van der Waals surface area contributed by atoms with Gasteiger partial charge in [-0.3, -0.25) is 4.79 Å². The van der Waals surface area contributed by atoms with Crippen molar-refractivity contribution < 1.29 is 9.53 Å². The van der Waals surface area contributed by atoms with E-state index in [1.165, 1.54) is 0 Å². The number of hydrogen-bond donors (Lipinski definition) is 1. The van der Waals surface area contributed by atoms with Crippen molar-refractivity contribution in [2.75, 3.05) is 24.7 Å². The molecule has 4 nitrogen and oxygen atoms in total. The topological polar surface area (TPSA) is 41.6 Å². The van der Waals surface area contributed by atoms with Crippen LogP contribution in [0.25, 0.3) is 0 Å². The summed E-state index contributed by atoms with van der Waals surface area (Å²) < 4.78 is 5.51. The van der Waals surface area contributed by atoms with Gasteiger partial charge in [-0.15, -0.1) is 0 Å². The van der Waals surface area contributed by atoms with Gasteiger partial charge in [-0.2, -0.15) is 0 Å². The van der Waals surface area contributed by atoms with E-state index in [1.54, 1.807) is 0 Å². The summed E-state index contributed by atoms with van der Waals surface area (Å²) in [5.74, 6) is 0.116. The molecule has 0 saturated carbocycles. The Kier molecular flexibility index (Phi) is 4.93. The number of nitrogens with zero attached hydrogens (tertiary/aromatic N) is 1. The predicted octanol–water partition coefficient (Wildman–Crippen LogP) is 1.94. The largest absolute Gasteiger partial charge is 0.380 e. The maximum atomic E-state index is 12.4. The summed E-state index contributed by atoms with van der Waals surface area (Å²) in [5.41, 5.74) is 2.17. The normalized spacial score (nSPS) is 19.2. The predicted molar refractivity (Wildman–Crippen MR) is 76.2 cm³/mol. The highest BCUT2D eigenvalue weighted by atomic mass is 16.5. The van der Waals surface area contributed by atoms with Crippen LogP contribution in [-0.2, 0) is 16.1 Å². The molecule has 1 heterocycles. The lowest BCUT2D eigenvalue weighted by atomic mass is 10.1. The van der Waals surface area contributed by atoms with Gasteiger partial charge in [0.15, 0.2) is 0 Å². The van der Waals surface area contributed by atoms with Gasteiger partial charge in [0.25, 0.3) is 0 Å². The summed E-state index contributed by atoms with van der Waals surface area (Å²) in [6, 6.07) is 7.90. The number of amides is 1. The number of rotatable bonds is 5. The number of anilines is 1. The lowest BCUT2D eigenvalue weighted by Crippen LogP contribution is -2.43. The molecule has 0 bridgehead atoms. The minimum atomic E-state index is -0.154. The lowest BCUT2D eigenvalue weighted by Gasteiger charge is -2.24. The molecule has 1 aromatic rings. The molecule has 1 aromatic carbocycles. The third kappa shape index (κ3) is 3.33. The molecule has 2 rings (SSSR count). The molecule has 1 amide bonds. The third-order valence-corrected chi connectivity index (χ3v) is 3.33. The third-order valence-electron chi connectivity index (χ3n) is 3.33. The Hall–Kier alpha value is -1.39. The molecule has 4 heteroatoms. The summed E-state index contributed by atoms with van der Waals surface area (Å²) in [4.78, 5) is 14.2. The fraction of sp³-hybridized carbons (Fsp3) is 0.533. The van der Waals surface area contributed by atoms with E-state index in [2.05, 4.69) is 18.3 Å². The molecule has 1 atom stereocenters. The number of fused-ring (bicyclic) bond motifs is 1. The standard InChI is InChI=1S/C15H22N2O2/c1-3-9-19-10-8-17-14-7-5-4-6-13(14)11-16-12(2)15(17)18/h4-7,12,16H,3,8-11H2,1-2H3. The molecule has 1 aliphatic rings. The Morgan fingerprint density at radius 3 is 2.95 bits per heavy atom. The second-order valence-corrected chi connectivity index (χ2v) is 4.83. The van der Waals surface area contributed by atoms with Gasteiger partial charge < -0.3 is 15.0 Å². The minimum absolute atomic E-state index is 0.116. The van der Waals surface area contributed by atoms with Crippen LogP contribution in [0.5, 0.6) is 0 Å². The van der Waals surface area contributed by atoms with Crippen molar-refractivity contribution in [1.29, 1.82) is 0 Å². The molecule has 1 N–H and O–H groups in total.